The van der Waals surface area contributed by atoms with Crippen LogP contribution >= 0.6 is 0 Å². The van der Waals surface area contributed by atoms with Crippen LogP contribution in [0.4, 0.5) is 0 Å². The summed E-state index contributed by atoms with van der Waals surface area (Å²) < 4.78 is 0. The third-order valence-electron chi connectivity index (χ3n) is 4.54. The van der Waals surface area contributed by atoms with Crippen molar-refractivity contribution >= 4 is 5.91 Å². The van der Waals surface area contributed by atoms with E-state index < -0.39 is 0 Å². The second-order valence-corrected chi connectivity index (χ2v) is 6.88. The average Bonchev–Trinajstić information content (AvgIpc) is 2.42. The van der Waals surface area contributed by atoms with Crippen molar-refractivity contribution in [3.63, 3.8) is 0 Å². The van der Waals surface area contributed by atoms with Gasteiger partial charge < -0.3 is 5.32 Å². The van der Waals surface area contributed by atoms with Crippen LogP contribution in [0.3, 0.4) is 0 Å². The molecule has 1 aromatic carbocycles. The molecule has 0 radical (unpaired) electrons. The molecule has 2 heteroatoms. The second kappa shape index (κ2) is 6.43. The topological polar surface area (TPSA) is 29.1 Å². The Bertz CT molecular complexity index is 438. The Morgan fingerprint density at radius 1 is 1.30 bits per heavy atom. The number of benzene rings is 1. The van der Waals surface area contributed by atoms with Gasteiger partial charge in [-0.1, -0.05) is 51.1 Å². The Hall–Kier alpha value is -1.31. The van der Waals surface area contributed by atoms with Gasteiger partial charge in [0, 0.05) is 12.5 Å². The molecule has 1 amide bonds. The first-order valence-electron chi connectivity index (χ1n) is 7.83. The standard InChI is InChI=1S/C18H27NO/c1-4-17(20)19-16-13-18(2,3)11-10-15(16)12-14-8-6-5-7-9-14/h5-9,15-16H,4,10-13H2,1-3H3,(H,19,20). The van der Waals surface area contributed by atoms with Gasteiger partial charge >= 0.3 is 0 Å². The molecule has 2 atom stereocenters. The maximum Gasteiger partial charge on any atom is 0.219 e. The van der Waals surface area contributed by atoms with E-state index in [1.807, 2.05) is 6.92 Å². The van der Waals surface area contributed by atoms with E-state index >= 15 is 0 Å². The lowest BCUT2D eigenvalue weighted by atomic mass is 9.69. The summed E-state index contributed by atoms with van der Waals surface area (Å²) >= 11 is 0. The molecule has 1 saturated carbocycles. The molecule has 110 valence electrons. The van der Waals surface area contributed by atoms with Crippen molar-refractivity contribution in [1.82, 2.24) is 5.32 Å². The largest absolute Gasteiger partial charge is 0.353 e. The van der Waals surface area contributed by atoms with Gasteiger partial charge in [-0.2, -0.15) is 0 Å². The number of hydrogen-bond acceptors (Lipinski definition) is 1. The van der Waals surface area contributed by atoms with Crippen molar-refractivity contribution in [2.75, 3.05) is 0 Å². The number of amides is 1. The predicted molar refractivity (Wildman–Crippen MR) is 83.5 cm³/mol. The summed E-state index contributed by atoms with van der Waals surface area (Å²) in [4.78, 5) is 11.8. The van der Waals surface area contributed by atoms with Crippen LogP contribution in [-0.2, 0) is 11.2 Å². The third-order valence-corrected chi connectivity index (χ3v) is 4.54. The Labute approximate surface area is 123 Å². The van der Waals surface area contributed by atoms with E-state index in [4.69, 9.17) is 0 Å². The van der Waals surface area contributed by atoms with Crippen LogP contribution in [0.2, 0.25) is 0 Å². The molecule has 1 aromatic rings. The highest BCUT2D eigenvalue weighted by Crippen LogP contribution is 2.39. The number of carbonyl (C=O) groups is 1. The Morgan fingerprint density at radius 3 is 2.65 bits per heavy atom. The quantitative estimate of drug-likeness (QED) is 0.884. The molecule has 1 aliphatic carbocycles. The van der Waals surface area contributed by atoms with Crippen molar-refractivity contribution in [2.24, 2.45) is 11.3 Å². The molecule has 1 N–H and O–H groups in total. The Kier molecular flexibility index (Phi) is 4.85. The second-order valence-electron chi connectivity index (χ2n) is 6.88. The normalized spacial score (nSPS) is 25.1. The van der Waals surface area contributed by atoms with Crippen molar-refractivity contribution in [2.45, 2.75) is 58.9 Å². The summed E-state index contributed by atoms with van der Waals surface area (Å²) in [5.41, 5.74) is 1.73. The zero-order valence-electron chi connectivity index (χ0n) is 13.0. The van der Waals surface area contributed by atoms with E-state index in [9.17, 15) is 4.79 Å². The fourth-order valence-electron chi connectivity index (χ4n) is 3.28. The highest BCUT2D eigenvalue weighted by atomic mass is 16.1. The lowest BCUT2D eigenvalue weighted by Crippen LogP contribution is -2.46. The lowest BCUT2D eigenvalue weighted by molar-refractivity contribution is -0.122. The maximum absolute atomic E-state index is 11.8. The lowest BCUT2D eigenvalue weighted by Gasteiger charge is -2.41. The van der Waals surface area contributed by atoms with Crippen LogP contribution in [0.5, 0.6) is 0 Å². The first kappa shape index (κ1) is 15.1. The van der Waals surface area contributed by atoms with E-state index in [1.54, 1.807) is 0 Å². The van der Waals surface area contributed by atoms with Crippen LogP contribution < -0.4 is 5.32 Å². The number of hydrogen-bond donors (Lipinski definition) is 1. The average molecular weight is 273 g/mol. The molecule has 2 unspecified atom stereocenters. The zero-order chi connectivity index (χ0) is 14.6. The molecule has 0 heterocycles. The van der Waals surface area contributed by atoms with E-state index in [1.165, 1.54) is 18.4 Å². The zero-order valence-corrected chi connectivity index (χ0v) is 13.0. The van der Waals surface area contributed by atoms with Crippen molar-refractivity contribution < 1.29 is 4.79 Å². The smallest absolute Gasteiger partial charge is 0.219 e. The van der Waals surface area contributed by atoms with E-state index in [2.05, 4.69) is 49.5 Å². The Balaban J connectivity index is 2.06. The highest BCUT2D eigenvalue weighted by molar-refractivity contribution is 5.75. The fourth-order valence-corrected chi connectivity index (χ4v) is 3.28. The predicted octanol–water partition coefficient (Wildman–Crippen LogP) is 3.95. The minimum absolute atomic E-state index is 0.186. The number of rotatable bonds is 4. The van der Waals surface area contributed by atoms with Gasteiger partial charge in [0.15, 0.2) is 0 Å². The SMILES string of the molecule is CCC(=O)NC1CC(C)(C)CCC1Cc1ccccc1. The first-order chi connectivity index (χ1) is 9.50. The van der Waals surface area contributed by atoms with Gasteiger partial charge in [0.05, 0.1) is 0 Å². The monoisotopic (exact) mass is 273 g/mol. The summed E-state index contributed by atoms with van der Waals surface area (Å²) in [5.74, 6) is 0.756. The van der Waals surface area contributed by atoms with Crippen LogP contribution in [0, 0.1) is 11.3 Å². The first-order valence-corrected chi connectivity index (χ1v) is 7.83. The molecule has 0 aliphatic heterocycles. The fraction of sp³-hybridized carbons (Fsp3) is 0.611. The number of nitrogens with one attached hydrogen (secondary N) is 1. The van der Waals surface area contributed by atoms with Crippen LogP contribution in [0.15, 0.2) is 30.3 Å². The summed E-state index contributed by atoms with van der Waals surface area (Å²) in [6.07, 6.45) is 5.20. The summed E-state index contributed by atoms with van der Waals surface area (Å²) in [5, 5.41) is 3.26. The molecule has 0 saturated heterocycles. The summed E-state index contributed by atoms with van der Waals surface area (Å²) in [7, 11) is 0. The van der Waals surface area contributed by atoms with Crippen molar-refractivity contribution in [3.8, 4) is 0 Å². The van der Waals surface area contributed by atoms with Gasteiger partial charge in [-0.15, -0.1) is 0 Å². The molecule has 1 aliphatic rings. The van der Waals surface area contributed by atoms with Crippen molar-refractivity contribution in [3.05, 3.63) is 35.9 Å². The van der Waals surface area contributed by atoms with Gasteiger partial charge in [0.1, 0.15) is 0 Å². The van der Waals surface area contributed by atoms with Gasteiger partial charge in [-0.05, 0) is 42.6 Å². The minimum atomic E-state index is 0.186. The van der Waals surface area contributed by atoms with Gasteiger partial charge in [0.25, 0.3) is 0 Å². The summed E-state index contributed by atoms with van der Waals surface area (Å²) in [6, 6.07) is 11.0. The maximum atomic E-state index is 11.8. The van der Waals surface area contributed by atoms with Crippen LogP contribution in [-0.4, -0.2) is 11.9 Å². The van der Waals surface area contributed by atoms with Crippen molar-refractivity contribution in [1.29, 1.82) is 0 Å². The van der Waals surface area contributed by atoms with E-state index in [-0.39, 0.29) is 5.91 Å². The summed E-state index contributed by atoms with van der Waals surface area (Å²) in [6.45, 7) is 6.56. The highest BCUT2D eigenvalue weighted by Gasteiger charge is 2.35. The van der Waals surface area contributed by atoms with Gasteiger partial charge in [-0.3, -0.25) is 4.79 Å². The molecular formula is C18H27NO. The molecule has 0 spiro atoms. The molecule has 20 heavy (non-hydrogen) atoms. The molecule has 1 fully saturated rings. The molecule has 0 aromatic heterocycles. The van der Waals surface area contributed by atoms with E-state index in [0.717, 1.165) is 12.8 Å². The number of carbonyl (C=O) groups excluding carboxylic acids is 1. The molecule has 0 bridgehead atoms. The molecule has 2 rings (SSSR count). The van der Waals surface area contributed by atoms with Gasteiger partial charge in [-0.25, -0.2) is 0 Å². The van der Waals surface area contributed by atoms with Gasteiger partial charge in [0.2, 0.25) is 5.91 Å². The van der Waals surface area contributed by atoms with E-state index in [0.29, 0.717) is 23.8 Å². The molecular weight excluding hydrogens is 246 g/mol. The third kappa shape index (κ3) is 4.09. The van der Waals surface area contributed by atoms with Crippen LogP contribution in [0.25, 0.3) is 0 Å². The molecule has 2 nitrogen and oxygen atoms in total. The Morgan fingerprint density at radius 2 is 2.00 bits per heavy atom. The minimum Gasteiger partial charge on any atom is -0.353 e. The van der Waals surface area contributed by atoms with Crippen LogP contribution in [0.1, 0.15) is 52.0 Å².